The van der Waals surface area contributed by atoms with Crippen LogP contribution in [0.3, 0.4) is 0 Å². The minimum absolute atomic E-state index is 0.0235. The molecule has 8 nitrogen and oxygen atoms in total. The Bertz CT molecular complexity index is 534. The monoisotopic (exact) mass is 292 g/mol. The van der Waals surface area contributed by atoms with Crippen molar-refractivity contribution in [2.45, 2.75) is 25.3 Å². The molecule has 21 heavy (non-hydrogen) atoms. The van der Waals surface area contributed by atoms with E-state index in [9.17, 15) is 14.4 Å². The van der Waals surface area contributed by atoms with Crippen molar-refractivity contribution in [3.8, 4) is 0 Å². The van der Waals surface area contributed by atoms with Crippen molar-refractivity contribution in [1.82, 2.24) is 14.9 Å². The van der Waals surface area contributed by atoms with Crippen LogP contribution < -0.4 is 5.73 Å². The maximum atomic E-state index is 12.1. The molecule has 1 fully saturated rings. The Balaban J connectivity index is 1.92. The number of carbonyl (C=O) groups is 3. The molecular weight excluding hydrogens is 276 g/mol. The summed E-state index contributed by atoms with van der Waals surface area (Å²) in [6.45, 7) is -0.00563. The second-order valence-corrected chi connectivity index (χ2v) is 4.67. The average Bonchev–Trinajstić information content (AvgIpc) is 2.53. The lowest BCUT2D eigenvalue weighted by molar-refractivity contribution is -0.143. The van der Waals surface area contributed by atoms with Crippen LogP contribution in [0.5, 0.6) is 0 Å². The number of aromatic nitrogens is 2. The molecule has 2 N–H and O–H groups in total. The number of likely N-dealkylation sites (tertiary alicyclic amines) is 1. The van der Waals surface area contributed by atoms with E-state index in [1.807, 2.05) is 0 Å². The number of ether oxygens (including phenoxy) is 1. The van der Waals surface area contributed by atoms with Crippen LogP contribution in [-0.4, -0.2) is 51.8 Å². The number of esters is 1. The Kier molecular flexibility index (Phi) is 4.81. The summed E-state index contributed by atoms with van der Waals surface area (Å²) in [5, 5.41) is 0. The molecule has 0 bridgehead atoms. The highest BCUT2D eigenvalue weighted by Crippen LogP contribution is 2.17. The molecule has 0 radical (unpaired) electrons. The summed E-state index contributed by atoms with van der Waals surface area (Å²) < 4.78 is 4.89. The van der Waals surface area contributed by atoms with E-state index in [1.54, 1.807) is 0 Å². The molecule has 0 aromatic carbocycles. The Morgan fingerprint density at radius 1 is 1.33 bits per heavy atom. The minimum Gasteiger partial charge on any atom is -0.451 e. The number of amides is 2. The molecule has 1 atom stereocenters. The van der Waals surface area contributed by atoms with E-state index in [1.165, 1.54) is 23.5 Å². The van der Waals surface area contributed by atoms with Crippen molar-refractivity contribution in [3.63, 3.8) is 0 Å². The zero-order chi connectivity index (χ0) is 15.2. The Morgan fingerprint density at radius 2 is 2.14 bits per heavy atom. The third-order valence-corrected chi connectivity index (χ3v) is 3.25. The van der Waals surface area contributed by atoms with Crippen LogP contribution in [0, 0.1) is 0 Å². The number of primary amides is 1. The van der Waals surface area contributed by atoms with Gasteiger partial charge in [-0.3, -0.25) is 14.6 Å². The van der Waals surface area contributed by atoms with Gasteiger partial charge in [0.15, 0.2) is 12.3 Å². The number of hydrogen-bond donors (Lipinski definition) is 1. The predicted octanol–water partition coefficient (Wildman–Crippen LogP) is -0.500. The second-order valence-electron chi connectivity index (χ2n) is 4.67. The largest absolute Gasteiger partial charge is 0.451 e. The van der Waals surface area contributed by atoms with Crippen LogP contribution in [0.4, 0.5) is 0 Å². The standard InChI is InChI=1S/C13H16N4O4/c14-12(19)10-3-1-2-6-17(10)11(18)8-21-13(20)9-7-15-4-5-16-9/h4-5,7,10H,1-3,6,8H2,(H2,14,19)/t10-/m0/s1. The average molecular weight is 292 g/mol. The fourth-order valence-electron chi connectivity index (χ4n) is 2.21. The van der Waals surface area contributed by atoms with Crippen LogP contribution in [0.2, 0.25) is 0 Å². The van der Waals surface area contributed by atoms with Gasteiger partial charge in [-0.25, -0.2) is 9.78 Å². The van der Waals surface area contributed by atoms with Gasteiger partial charge < -0.3 is 15.4 Å². The van der Waals surface area contributed by atoms with Crippen molar-refractivity contribution >= 4 is 17.8 Å². The fourth-order valence-corrected chi connectivity index (χ4v) is 2.21. The molecular formula is C13H16N4O4. The molecule has 2 heterocycles. The lowest BCUT2D eigenvalue weighted by Gasteiger charge is -2.33. The van der Waals surface area contributed by atoms with Crippen LogP contribution >= 0.6 is 0 Å². The van der Waals surface area contributed by atoms with E-state index in [0.29, 0.717) is 13.0 Å². The van der Waals surface area contributed by atoms with E-state index >= 15 is 0 Å². The maximum absolute atomic E-state index is 12.1. The first-order chi connectivity index (χ1) is 10.1. The predicted molar refractivity (Wildman–Crippen MR) is 70.9 cm³/mol. The minimum atomic E-state index is -0.732. The van der Waals surface area contributed by atoms with E-state index in [2.05, 4.69) is 9.97 Å². The third-order valence-electron chi connectivity index (χ3n) is 3.25. The van der Waals surface area contributed by atoms with E-state index in [0.717, 1.165) is 12.8 Å². The molecule has 2 amide bonds. The summed E-state index contributed by atoms with van der Waals surface area (Å²) in [6, 6.07) is -0.624. The van der Waals surface area contributed by atoms with Gasteiger partial charge in [-0.1, -0.05) is 0 Å². The number of carbonyl (C=O) groups excluding carboxylic acids is 3. The molecule has 8 heteroatoms. The third kappa shape index (κ3) is 3.74. The highest BCUT2D eigenvalue weighted by molar-refractivity contribution is 5.91. The molecule has 0 saturated carbocycles. The van der Waals surface area contributed by atoms with Crippen LogP contribution in [-0.2, 0) is 14.3 Å². The molecule has 1 aromatic heterocycles. The summed E-state index contributed by atoms with van der Waals surface area (Å²) in [5.41, 5.74) is 5.31. The summed E-state index contributed by atoms with van der Waals surface area (Å²) >= 11 is 0. The number of nitrogens with two attached hydrogens (primary N) is 1. The number of nitrogens with zero attached hydrogens (tertiary/aromatic N) is 3. The molecule has 0 aliphatic carbocycles. The van der Waals surface area contributed by atoms with Crippen LogP contribution in [0.15, 0.2) is 18.6 Å². The first-order valence-corrected chi connectivity index (χ1v) is 6.61. The second kappa shape index (κ2) is 6.78. The van der Waals surface area contributed by atoms with Crippen LogP contribution in [0.25, 0.3) is 0 Å². The Morgan fingerprint density at radius 3 is 2.81 bits per heavy atom. The highest BCUT2D eigenvalue weighted by atomic mass is 16.5. The normalized spacial score (nSPS) is 18.1. The topological polar surface area (TPSA) is 115 Å². The van der Waals surface area contributed by atoms with E-state index in [-0.39, 0.29) is 5.69 Å². The first kappa shape index (κ1) is 14.9. The SMILES string of the molecule is NC(=O)[C@@H]1CCCCN1C(=O)COC(=O)c1cnccn1. The number of piperidine rings is 1. The molecule has 2 rings (SSSR count). The number of rotatable bonds is 4. The zero-order valence-electron chi connectivity index (χ0n) is 11.4. The van der Waals surface area contributed by atoms with Crippen molar-refractivity contribution in [1.29, 1.82) is 0 Å². The van der Waals surface area contributed by atoms with Gasteiger partial charge in [0, 0.05) is 18.9 Å². The Labute approximate surface area is 121 Å². The van der Waals surface area contributed by atoms with Gasteiger partial charge in [-0.05, 0) is 19.3 Å². The lowest BCUT2D eigenvalue weighted by atomic mass is 10.0. The molecule has 1 saturated heterocycles. The molecule has 112 valence electrons. The lowest BCUT2D eigenvalue weighted by Crippen LogP contribution is -2.51. The quantitative estimate of drug-likeness (QED) is 0.748. The number of hydrogen-bond acceptors (Lipinski definition) is 6. The van der Waals surface area contributed by atoms with E-state index < -0.39 is 30.4 Å². The summed E-state index contributed by atoms with van der Waals surface area (Å²) in [5.74, 6) is -1.71. The summed E-state index contributed by atoms with van der Waals surface area (Å²) in [4.78, 5) is 43.9. The van der Waals surface area contributed by atoms with Gasteiger partial charge in [0.05, 0.1) is 6.20 Å². The van der Waals surface area contributed by atoms with Crippen molar-refractivity contribution in [2.75, 3.05) is 13.2 Å². The summed E-state index contributed by atoms with van der Waals surface area (Å²) in [7, 11) is 0. The highest BCUT2D eigenvalue weighted by Gasteiger charge is 2.31. The van der Waals surface area contributed by atoms with Crippen molar-refractivity contribution in [2.24, 2.45) is 5.73 Å². The molecule has 1 aromatic rings. The van der Waals surface area contributed by atoms with Gasteiger partial charge in [-0.15, -0.1) is 0 Å². The first-order valence-electron chi connectivity index (χ1n) is 6.61. The summed E-state index contributed by atoms with van der Waals surface area (Å²) in [6.07, 6.45) is 6.21. The zero-order valence-corrected chi connectivity index (χ0v) is 11.4. The van der Waals surface area contributed by atoms with Gasteiger partial charge in [-0.2, -0.15) is 0 Å². The van der Waals surface area contributed by atoms with Crippen LogP contribution in [0.1, 0.15) is 29.8 Å². The molecule has 1 aliphatic rings. The van der Waals surface area contributed by atoms with Gasteiger partial charge in [0.1, 0.15) is 6.04 Å². The molecule has 0 unspecified atom stereocenters. The molecule has 0 spiro atoms. The van der Waals surface area contributed by atoms with Crippen molar-refractivity contribution in [3.05, 3.63) is 24.3 Å². The Hall–Kier alpha value is -2.51. The van der Waals surface area contributed by atoms with Gasteiger partial charge in [0.2, 0.25) is 5.91 Å². The van der Waals surface area contributed by atoms with Gasteiger partial charge in [0.25, 0.3) is 5.91 Å². The maximum Gasteiger partial charge on any atom is 0.359 e. The molecule has 1 aliphatic heterocycles. The van der Waals surface area contributed by atoms with Crippen molar-refractivity contribution < 1.29 is 19.1 Å². The van der Waals surface area contributed by atoms with E-state index in [4.69, 9.17) is 10.5 Å². The van der Waals surface area contributed by atoms with Gasteiger partial charge >= 0.3 is 5.97 Å². The smallest absolute Gasteiger partial charge is 0.359 e. The fraction of sp³-hybridized carbons (Fsp3) is 0.462.